The van der Waals surface area contributed by atoms with E-state index in [-0.39, 0.29) is 4.90 Å². The largest absolute Gasteiger partial charge is 0.280 e. The van der Waals surface area contributed by atoms with E-state index >= 15 is 0 Å². The maximum absolute atomic E-state index is 13.0. The van der Waals surface area contributed by atoms with Crippen molar-refractivity contribution in [3.63, 3.8) is 0 Å². The summed E-state index contributed by atoms with van der Waals surface area (Å²) in [6.45, 7) is 6.34. The van der Waals surface area contributed by atoms with Gasteiger partial charge in [-0.3, -0.25) is 9.40 Å². The maximum atomic E-state index is 13.0. The minimum absolute atomic E-state index is 0.181. The summed E-state index contributed by atoms with van der Waals surface area (Å²) < 4.78 is 30.3. The molecule has 0 fully saturated rings. The third-order valence-corrected chi connectivity index (χ3v) is 5.65. The number of anilines is 1. The van der Waals surface area contributed by atoms with Gasteiger partial charge in [-0.1, -0.05) is 62.7 Å². The molecule has 0 aliphatic heterocycles. The van der Waals surface area contributed by atoms with E-state index in [0.29, 0.717) is 22.9 Å². The van der Waals surface area contributed by atoms with Gasteiger partial charge in [0.15, 0.2) is 0 Å². The lowest BCUT2D eigenvalue weighted by Crippen LogP contribution is -2.20. The Labute approximate surface area is 165 Å². The van der Waals surface area contributed by atoms with Gasteiger partial charge < -0.3 is 0 Å². The molecule has 1 heterocycles. The molecular weight excluding hydrogens is 382 g/mol. The molecule has 5 nitrogen and oxygen atoms in total. The topological polar surface area (TPSA) is 64.0 Å². The fraction of sp³-hybridized carbons (Fsp3) is 0.250. The summed E-state index contributed by atoms with van der Waals surface area (Å²) in [5.74, 6) is 0. The summed E-state index contributed by atoms with van der Waals surface area (Å²) in [6.07, 6.45) is 1.59. The monoisotopic (exact) mass is 403 g/mol. The van der Waals surface area contributed by atoms with Crippen LogP contribution in [0.2, 0.25) is 5.02 Å². The maximum Gasteiger partial charge on any atom is 0.265 e. The Morgan fingerprint density at radius 2 is 1.67 bits per heavy atom. The number of halogens is 1. The van der Waals surface area contributed by atoms with Crippen LogP contribution in [0.3, 0.4) is 0 Å². The lowest BCUT2D eigenvalue weighted by Gasteiger charge is -2.17. The van der Waals surface area contributed by atoms with Crippen molar-refractivity contribution in [3.05, 3.63) is 77.1 Å². The van der Waals surface area contributed by atoms with Crippen LogP contribution in [0.1, 0.15) is 32.0 Å². The number of hydrogen-bond acceptors (Lipinski definition) is 3. The summed E-state index contributed by atoms with van der Waals surface area (Å²) in [5.41, 5.74) is 1.61. The van der Waals surface area contributed by atoms with E-state index in [2.05, 4.69) is 9.82 Å². The van der Waals surface area contributed by atoms with Crippen molar-refractivity contribution >= 4 is 27.3 Å². The second-order valence-corrected chi connectivity index (χ2v) is 9.47. The van der Waals surface area contributed by atoms with Crippen LogP contribution < -0.4 is 4.72 Å². The minimum Gasteiger partial charge on any atom is -0.280 e. The molecule has 7 heteroatoms. The summed E-state index contributed by atoms with van der Waals surface area (Å²) in [6, 6.07) is 16.4. The third-order valence-electron chi connectivity index (χ3n) is 4.01. The van der Waals surface area contributed by atoms with Crippen LogP contribution in [0.5, 0.6) is 0 Å². The van der Waals surface area contributed by atoms with Crippen molar-refractivity contribution in [1.82, 2.24) is 9.78 Å². The van der Waals surface area contributed by atoms with Crippen LogP contribution >= 0.6 is 11.6 Å². The number of sulfonamides is 1. The van der Waals surface area contributed by atoms with Gasteiger partial charge in [0.05, 0.1) is 12.2 Å². The van der Waals surface area contributed by atoms with Gasteiger partial charge in [-0.15, -0.1) is 0 Å². The SMILES string of the molecule is CC(C)(C)c1nn(Cc2ccccc2)cc1S(=O)(=O)Nc1ccc(Cl)cc1. The quantitative estimate of drug-likeness (QED) is 0.672. The molecule has 3 aromatic rings. The van der Waals surface area contributed by atoms with E-state index in [1.165, 1.54) is 0 Å². The molecule has 0 radical (unpaired) electrons. The highest BCUT2D eigenvalue weighted by Gasteiger charge is 2.30. The lowest BCUT2D eigenvalue weighted by molar-refractivity contribution is 0.533. The molecule has 0 saturated heterocycles. The summed E-state index contributed by atoms with van der Waals surface area (Å²) in [4.78, 5) is 0.181. The standard InChI is InChI=1S/C20H22ClN3O2S/c1-20(2,3)19-18(14-24(22-19)13-15-7-5-4-6-8-15)27(25,26)23-17-11-9-16(21)10-12-17/h4-12,14,23H,13H2,1-3H3. The smallest absolute Gasteiger partial charge is 0.265 e. The van der Waals surface area contributed by atoms with E-state index < -0.39 is 15.4 Å². The van der Waals surface area contributed by atoms with Crippen molar-refractivity contribution in [2.24, 2.45) is 0 Å². The van der Waals surface area contributed by atoms with Crippen molar-refractivity contribution in [1.29, 1.82) is 0 Å². The fourth-order valence-electron chi connectivity index (χ4n) is 2.70. The highest BCUT2D eigenvalue weighted by molar-refractivity contribution is 7.92. The molecule has 0 aliphatic carbocycles. The van der Waals surface area contributed by atoms with Gasteiger partial charge in [0, 0.05) is 22.3 Å². The Hall–Kier alpha value is -2.31. The zero-order valence-corrected chi connectivity index (χ0v) is 17.1. The van der Waals surface area contributed by atoms with Crippen LogP contribution in [0.25, 0.3) is 0 Å². The summed E-state index contributed by atoms with van der Waals surface area (Å²) >= 11 is 5.87. The predicted octanol–water partition coefficient (Wildman–Crippen LogP) is 4.68. The van der Waals surface area contributed by atoms with Gasteiger partial charge in [0.2, 0.25) is 0 Å². The van der Waals surface area contributed by atoms with Gasteiger partial charge in [0.25, 0.3) is 10.0 Å². The first-order chi connectivity index (χ1) is 12.6. The summed E-state index contributed by atoms with van der Waals surface area (Å²) in [7, 11) is -3.79. The second-order valence-electron chi connectivity index (χ2n) is 7.39. The Balaban J connectivity index is 1.98. The first-order valence-corrected chi connectivity index (χ1v) is 10.4. The molecule has 0 saturated carbocycles. The van der Waals surface area contributed by atoms with Crippen molar-refractivity contribution < 1.29 is 8.42 Å². The van der Waals surface area contributed by atoms with Gasteiger partial charge in [-0.05, 0) is 29.8 Å². The van der Waals surface area contributed by atoms with Gasteiger partial charge >= 0.3 is 0 Å². The van der Waals surface area contributed by atoms with Gasteiger partial charge in [-0.2, -0.15) is 5.10 Å². The number of nitrogens with zero attached hydrogens (tertiary/aromatic N) is 2. The Kier molecular flexibility index (Phi) is 5.31. The molecular formula is C20H22ClN3O2S. The molecule has 142 valence electrons. The van der Waals surface area contributed by atoms with Gasteiger partial charge in [-0.25, -0.2) is 8.42 Å². The highest BCUT2D eigenvalue weighted by atomic mass is 35.5. The lowest BCUT2D eigenvalue weighted by atomic mass is 9.92. The van der Waals surface area contributed by atoms with Crippen LogP contribution in [0.15, 0.2) is 65.7 Å². The zero-order valence-electron chi connectivity index (χ0n) is 15.5. The predicted molar refractivity (Wildman–Crippen MR) is 109 cm³/mol. The Morgan fingerprint density at radius 1 is 1.04 bits per heavy atom. The van der Waals surface area contributed by atoms with Crippen molar-refractivity contribution in [3.8, 4) is 0 Å². The number of hydrogen-bond donors (Lipinski definition) is 1. The first kappa shape index (κ1) is 19.5. The van der Waals surface area contributed by atoms with Crippen molar-refractivity contribution in [2.45, 2.75) is 37.6 Å². The molecule has 0 bridgehead atoms. The fourth-order valence-corrected chi connectivity index (χ4v) is 4.24. The number of rotatable bonds is 5. The molecule has 0 unspecified atom stereocenters. The number of nitrogens with one attached hydrogen (secondary N) is 1. The van der Waals surface area contributed by atoms with Crippen LogP contribution in [-0.2, 0) is 22.0 Å². The number of benzene rings is 2. The molecule has 0 amide bonds. The van der Waals surface area contributed by atoms with Gasteiger partial charge in [0.1, 0.15) is 4.90 Å². The molecule has 2 aromatic carbocycles. The molecule has 0 spiro atoms. The first-order valence-electron chi connectivity index (χ1n) is 8.55. The van der Waals surface area contributed by atoms with Crippen LogP contribution in [-0.4, -0.2) is 18.2 Å². The van der Waals surface area contributed by atoms with E-state index in [4.69, 9.17) is 11.6 Å². The van der Waals surface area contributed by atoms with E-state index in [1.54, 1.807) is 35.1 Å². The molecule has 1 N–H and O–H groups in total. The van der Waals surface area contributed by atoms with E-state index in [1.807, 2.05) is 51.1 Å². The average Bonchev–Trinajstić information content (AvgIpc) is 3.03. The van der Waals surface area contributed by atoms with Crippen LogP contribution in [0, 0.1) is 0 Å². The normalized spacial score (nSPS) is 12.1. The molecule has 3 rings (SSSR count). The second kappa shape index (κ2) is 7.37. The Morgan fingerprint density at radius 3 is 2.26 bits per heavy atom. The highest BCUT2D eigenvalue weighted by Crippen LogP contribution is 2.29. The third kappa shape index (κ3) is 4.70. The molecule has 0 atom stereocenters. The van der Waals surface area contributed by atoms with Crippen LogP contribution in [0.4, 0.5) is 5.69 Å². The average molecular weight is 404 g/mol. The van der Waals surface area contributed by atoms with E-state index in [0.717, 1.165) is 5.56 Å². The zero-order chi connectivity index (χ0) is 19.7. The minimum atomic E-state index is -3.79. The summed E-state index contributed by atoms with van der Waals surface area (Å²) in [5, 5.41) is 5.12. The van der Waals surface area contributed by atoms with Crippen molar-refractivity contribution in [2.75, 3.05) is 4.72 Å². The number of aromatic nitrogens is 2. The molecule has 27 heavy (non-hydrogen) atoms. The van der Waals surface area contributed by atoms with E-state index in [9.17, 15) is 8.42 Å². The Bertz CT molecular complexity index is 1020. The molecule has 0 aliphatic rings. The molecule has 1 aromatic heterocycles.